The number of Topliss-reactive ketones (excluding diaryl/α,β-unsaturated/α-hetero) is 2. The average molecular weight is 479 g/mol. The second-order valence-corrected chi connectivity index (χ2v) is 9.66. The number of aliphatic hydroxyl groups is 3. The molecule has 0 aromatic heterocycles. The molecule has 0 bridgehead atoms. The van der Waals surface area contributed by atoms with E-state index in [2.05, 4.69) is 0 Å². The number of nitrogens with two attached hydrogens (primary N) is 2. The highest BCUT2D eigenvalue weighted by molar-refractivity contribution is 6.25. The summed E-state index contributed by atoms with van der Waals surface area (Å²) < 4.78 is 0. The first-order valence-corrected chi connectivity index (χ1v) is 11.1. The number of hydrogen-bond acceptors (Lipinski definition) is 9. The van der Waals surface area contributed by atoms with Crippen LogP contribution in [0, 0.1) is 11.8 Å². The van der Waals surface area contributed by atoms with Gasteiger partial charge in [-0.2, -0.15) is 0 Å². The number of carbonyl (C=O) groups is 3. The van der Waals surface area contributed by atoms with E-state index in [0.717, 1.165) is 0 Å². The highest BCUT2D eigenvalue weighted by atomic mass is 16.3. The van der Waals surface area contributed by atoms with Gasteiger partial charge in [-0.15, -0.1) is 0 Å². The molecule has 5 rings (SSSR count). The Kier molecular flexibility index (Phi) is 4.77. The van der Waals surface area contributed by atoms with Gasteiger partial charge in [0.25, 0.3) is 5.91 Å². The van der Waals surface area contributed by atoms with Crippen LogP contribution in [0.1, 0.15) is 22.3 Å². The van der Waals surface area contributed by atoms with Gasteiger partial charge >= 0.3 is 0 Å². The van der Waals surface area contributed by atoms with Crippen molar-refractivity contribution in [3.05, 3.63) is 58.1 Å². The number of primary amides is 1. The summed E-state index contributed by atoms with van der Waals surface area (Å²) in [6.45, 7) is 0. The first-order valence-electron chi connectivity index (χ1n) is 11.1. The predicted octanol–water partition coefficient (Wildman–Crippen LogP) is 0.856. The summed E-state index contributed by atoms with van der Waals surface area (Å²) in [5.41, 5.74) is 8.64. The third kappa shape index (κ3) is 2.80. The number of fused-ring (bicyclic) bond motifs is 4. The number of allylic oxidation sites excluding steroid dienone is 1. The number of nitrogens with zero attached hydrogens (tertiary/aromatic N) is 1. The minimum atomic E-state index is -2.65. The molecular weight excluding hydrogens is 454 g/mol. The van der Waals surface area contributed by atoms with Gasteiger partial charge in [0, 0.05) is 28.0 Å². The Bertz CT molecular complexity index is 1420. The summed E-state index contributed by atoms with van der Waals surface area (Å²) >= 11 is 0. The minimum absolute atomic E-state index is 0.0365. The molecule has 0 spiro atoms. The molecule has 10 heteroatoms. The van der Waals surface area contributed by atoms with Crippen LogP contribution in [0.4, 0.5) is 5.69 Å². The summed E-state index contributed by atoms with van der Waals surface area (Å²) in [5, 5.41) is 45.5. The van der Waals surface area contributed by atoms with Gasteiger partial charge in [-0.3, -0.25) is 19.3 Å². The molecule has 10 nitrogen and oxygen atoms in total. The summed E-state index contributed by atoms with van der Waals surface area (Å²) in [6, 6.07) is 5.62. The molecule has 8 N–H and O–H groups in total. The van der Waals surface area contributed by atoms with E-state index in [1.807, 2.05) is 0 Å². The summed E-state index contributed by atoms with van der Waals surface area (Å²) in [5.74, 6) is -6.72. The van der Waals surface area contributed by atoms with Crippen molar-refractivity contribution in [2.45, 2.75) is 24.5 Å². The first kappa shape index (κ1) is 22.9. The molecule has 3 aliphatic carbocycles. The van der Waals surface area contributed by atoms with Crippen molar-refractivity contribution in [1.82, 2.24) is 4.90 Å². The molecule has 2 aromatic carbocycles. The largest absolute Gasteiger partial charge is 0.510 e. The lowest BCUT2D eigenvalue weighted by Crippen LogP contribution is -2.63. The number of aromatic hydroxyl groups is 1. The van der Waals surface area contributed by atoms with Gasteiger partial charge in [-0.05, 0) is 50.6 Å². The maximum absolute atomic E-state index is 13.6. The zero-order chi connectivity index (χ0) is 25.6. The van der Waals surface area contributed by atoms with Gasteiger partial charge in [0.15, 0.2) is 11.4 Å². The van der Waals surface area contributed by atoms with E-state index in [9.17, 15) is 34.8 Å². The molecule has 3 aliphatic rings. The van der Waals surface area contributed by atoms with Crippen molar-refractivity contribution in [1.29, 1.82) is 0 Å². The normalized spacial score (nSPS) is 28.3. The Morgan fingerprint density at radius 2 is 1.83 bits per heavy atom. The number of phenolic OH excluding ortho intramolecular Hbond substituents is 1. The smallest absolute Gasteiger partial charge is 0.255 e. The fraction of sp³-hybridized carbons (Fsp3) is 0.320. The van der Waals surface area contributed by atoms with Crippen molar-refractivity contribution in [3.8, 4) is 5.75 Å². The number of likely N-dealkylation sites (N-methyl/N-ethyl adjacent to an activating group) is 1. The molecule has 2 aromatic rings. The average Bonchev–Trinajstić information content (AvgIpc) is 2.76. The van der Waals surface area contributed by atoms with Crippen LogP contribution < -0.4 is 11.5 Å². The second-order valence-electron chi connectivity index (χ2n) is 9.66. The molecule has 35 heavy (non-hydrogen) atoms. The maximum atomic E-state index is 13.6. The number of anilines is 1. The van der Waals surface area contributed by atoms with E-state index in [-0.39, 0.29) is 29.7 Å². The second kappa shape index (κ2) is 7.30. The number of rotatable bonds is 2. The molecule has 4 atom stereocenters. The number of phenols is 1. The molecule has 0 radical (unpaired) electrons. The van der Waals surface area contributed by atoms with Crippen molar-refractivity contribution >= 4 is 33.9 Å². The number of carbonyl (C=O) groups excluding carboxylic acids is 3. The molecule has 0 heterocycles. The van der Waals surface area contributed by atoms with Crippen LogP contribution in [-0.4, -0.2) is 68.5 Å². The fourth-order valence-corrected chi connectivity index (χ4v) is 6.07. The van der Waals surface area contributed by atoms with Crippen molar-refractivity contribution in [3.63, 3.8) is 0 Å². The van der Waals surface area contributed by atoms with Crippen molar-refractivity contribution in [2.24, 2.45) is 17.6 Å². The van der Waals surface area contributed by atoms with E-state index in [0.29, 0.717) is 22.0 Å². The number of nitrogen functional groups attached to an aromatic ring is 1. The van der Waals surface area contributed by atoms with Crippen molar-refractivity contribution < 1.29 is 34.8 Å². The quantitative estimate of drug-likeness (QED) is 0.268. The van der Waals surface area contributed by atoms with Gasteiger partial charge in [0.1, 0.15) is 22.8 Å². The Labute approximate surface area is 199 Å². The third-order valence-electron chi connectivity index (χ3n) is 7.60. The van der Waals surface area contributed by atoms with Gasteiger partial charge in [-0.25, -0.2) is 0 Å². The SMILES string of the molecule is CN(C)[C@@H]1C(O)=C(C(N)=O)C(=O)[C@@]2(O)C(O)=C3C(=O)c4c(cc5c(N)cccc5c4O)C[C@H]3C[C@@H]12. The summed E-state index contributed by atoms with van der Waals surface area (Å²) in [4.78, 5) is 40.4. The number of hydrogen-bond donors (Lipinski definition) is 6. The zero-order valence-corrected chi connectivity index (χ0v) is 19.1. The Morgan fingerprint density at radius 1 is 1.14 bits per heavy atom. The van der Waals surface area contributed by atoms with Gasteiger partial charge in [0.05, 0.1) is 11.6 Å². The number of ketones is 2. The zero-order valence-electron chi connectivity index (χ0n) is 19.1. The third-order valence-corrected chi connectivity index (χ3v) is 7.60. The molecule has 0 saturated carbocycles. The molecule has 0 fully saturated rings. The van der Waals surface area contributed by atoms with Gasteiger partial charge in [0.2, 0.25) is 5.78 Å². The van der Waals surface area contributed by atoms with Crippen molar-refractivity contribution in [2.75, 3.05) is 19.8 Å². The molecule has 0 saturated heterocycles. The Balaban J connectivity index is 1.76. The van der Waals surface area contributed by atoms with E-state index in [1.54, 1.807) is 38.4 Å². The highest BCUT2D eigenvalue weighted by Gasteiger charge is 2.63. The standard InChI is InChI=1S/C25H25N3O7/c1-28(2)18-13-8-10-6-9-7-12-11(4-3-5-14(12)26)19(29)15(9)20(30)16(10)22(32)25(13,35)23(33)17(21(18)31)24(27)34/h3-5,7,10,13,18,29,31-32,35H,6,8,26H2,1-2H3,(H2,27,34)/t10-,13-,18-,25-/m0/s1. The Hall–Kier alpha value is -3.89. The van der Waals surface area contributed by atoms with Crippen LogP contribution in [0.3, 0.4) is 0 Å². The molecule has 0 unspecified atom stereocenters. The van der Waals surface area contributed by atoms with Crippen LogP contribution in [0.5, 0.6) is 5.75 Å². The van der Waals surface area contributed by atoms with Gasteiger partial charge in [-0.1, -0.05) is 12.1 Å². The molecule has 1 amide bonds. The topological polar surface area (TPSA) is 187 Å². The van der Waals surface area contributed by atoms with E-state index < -0.39 is 58.0 Å². The maximum Gasteiger partial charge on any atom is 0.255 e. The summed E-state index contributed by atoms with van der Waals surface area (Å²) in [7, 11) is 3.17. The number of aliphatic hydroxyl groups excluding tert-OH is 2. The lowest BCUT2D eigenvalue weighted by atomic mass is 9.58. The highest BCUT2D eigenvalue weighted by Crippen LogP contribution is 2.52. The number of benzene rings is 2. The first-order chi connectivity index (χ1) is 16.4. The molecule has 0 aliphatic heterocycles. The summed E-state index contributed by atoms with van der Waals surface area (Å²) in [6.07, 6.45) is 0.251. The van der Waals surface area contributed by atoms with Crippen LogP contribution in [0.15, 0.2) is 46.9 Å². The predicted molar refractivity (Wildman–Crippen MR) is 126 cm³/mol. The van der Waals surface area contributed by atoms with Gasteiger partial charge < -0.3 is 31.9 Å². The lowest BCUT2D eigenvalue weighted by Gasteiger charge is -2.50. The molecular formula is C25H25N3O7. The van der Waals surface area contributed by atoms with Crippen LogP contribution in [0.2, 0.25) is 0 Å². The van der Waals surface area contributed by atoms with Crippen LogP contribution in [0.25, 0.3) is 10.8 Å². The van der Waals surface area contributed by atoms with E-state index in [4.69, 9.17) is 11.5 Å². The van der Waals surface area contributed by atoms with Crippen LogP contribution >= 0.6 is 0 Å². The monoisotopic (exact) mass is 479 g/mol. The number of amides is 1. The van der Waals surface area contributed by atoms with Crippen LogP contribution in [-0.2, 0) is 16.0 Å². The van der Waals surface area contributed by atoms with E-state index in [1.165, 1.54) is 4.90 Å². The Morgan fingerprint density at radius 3 is 2.46 bits per heavy atom. The lowest BCUT2D eigenvalue weighted by molar-refractivity contribution is -0.148. The van der Waals surface area contributed by atoms with E-state index >= 15 is 0 Å². The molecule has 182 valence electrons. The minimum Gasteiger partial charge on any atom is -0.510 e. The fourth-order valence-electron chi connectivity index (χ4n) is 6.07.